The molecule has 4 aromatic carbocycles. The van der Waals surface area contributed by atoms with Gasteiger partial charge in [-0.05, 0) is 76.9 Å². The van der Waals surface area contributed by atoms with Crippen LogP contribution in [-0.4, -0.2) is 31.8 Å². The van der Waals surface area contributed by atoms with Gasteiger partial charge in [0.05, 0.1) is 13.3 Å². The Kier molecular flexibility index (Phi) is 9.02. The van der Waals surface area contributed by atoms with Crippen molar-refractivity contribution in [1.29, 1.82) is 0 Å². The van der Waals surface area contributed by atoms with Crippen LogP contribution < -0.4 is 19.6 Å². The highest BCUT2D eigenvalue weighted by molar-refractivity contribution is 5.89. The van der Waals surface area contributed by atoms with E-state index in [2.05, 4.69) is 10.5 Å². The minimum Gasteiger partial charge on any atom is -0.497 e. The van der Waals surface area contributed by atoms with Crippen LogP contribution in [0.2, 0.25) is 0 Å². The van der Waals surface area contributed by atoms with E-state index in [1.54, 1.807) is 37.5 Å². The number of esters is 1. The lowest BCUT2D eigenvalue weighted by atomic mass is 10.1. The average molecular weight is 507 g/mol. The molecule has 4 rings (SSSR count). The normalized spacial score (nSPS) is 10.9. The molecule has 0 atom stereocenters. The molecule has 7 nitrogen and oxygen atoms in total. The van der Waals surface area contributed by atoms with Crippen molar-refractivity contribution in [1.82, 2.24) is 5.43 Å². The highest BCUT2D eigenvalue weighted by atomic mass is 16.5. The summed E-state index contributed by atoms with van der Waals surface area (Å²) in [5, 5.41) is 3.94. The molecular formula is C31H26N2O5. The Morgan fingerprint density at radius 1 is 0.737 bits per heavy atom. The first-order chi connectivity index (χ1) is 18.6. The van der Waals surface area contributed by atoms with E-state index < -0.39 is 5.97 Å². The molecule has 0 bridgehead atoms. The van der Waals surface area contributed by atoms with Gasteiger partial charge in [0.25, 0.3) is 5.91 Å². The van der Waals surface area contributed by atoms with E-state index in [0.717, 1.165) is 28.0 Å². The molecule has 0 saturated heterocycles. The summed E-state index contributed by atoms with van der Waals surface area (Å²) < 4.78 is 15.9. The Hall–Kier alpha value is -5.17. The molecule has 0 aliphatic carbocycles. The van der Waals surface area contributed by atoms with Crippen molar-refractivity contribution in [2.75, 3.05) is 13.7 Å². The third kappa shape index (κ3) is 7.93. The van der Waals surface area contributed by atoms with Crippen LogP contribution in [0.1, 0.15) is 11.1 Å². The number of hydrogen-bond donors (Lipinski definition) is 1. The summed E-state index contributed by atoms with van der Waals surface area (Å²) >= 11 is 0. The van der Waals surface area contributed by atoms with E-state index in [1.165, 1.54) is 12.3 Å². The van der Waals surface area contributed by atoms with E-state index >= 15 is 0 Å². The van der Waals surface area contributed by atoms with Crippen LogP contribution in [0.15, 0.2) is 114 Å². The van der Waals surface area contributed by atoms with Gasteiger partial charge in [-0.1, -0.05) is 54.6 Å². The van der Waals surface area contributed by atoms with Crippen molar-refractivity contribution in [2.24, 2.45) is 5.10 Å². The number of rotatable bonds is 10. The molecule has 4 aromatic rings. The minimum atomic E-state index is -0.496. The number of hydrazone groups is 1. The van der Waals surface area contributed by atoms with Gasteiger partial charge in [0.1, 0.15) is 17.2 Å². The third-order valence-corrected chi connectivity index (χ3v) is 5.36. The lowest BCUT2D eigenvalue weighted by molar-refractivity contribution is -0.129. The van der Waals surface area contributed by atoms with Crippen LogP contribution in [0.4, 0.5) is 0 Å². The molecule has 190 valence electrons. The Labute approximate surface area is 221 Å². The largest absolute Gasteiger partial charge is 0.497 e. The zero-order valence-corrected chi connectivity index (χ0v) is 20.7. The molecule has 0 heterocycles. The van der Waals surface area contributed by atoms with E-state index in [0.29, 0.717) is 11.5 Å². The average Bonchev–Trinajstić information content (AvgIpc) is 2.97. The second-order valence-corrected chi connectivity index (χ2v) is 8.07. The maximum Gasteiger partial charge on any atom is 0.336 e. The van der Waals surface area contributed by atoms with Crippen molar-refractivity contribution in [2.45, 2.75) is 0 Å². The van der Waals surface area contributed by atoms with Gasteiger partial charge in [-0.3, -0.25) is 4.79 Å². The lowest BCUT2D eigenvalue weighted by Gasteiger charge is -2.06. The number of nitrogens with one attached hydrogen (secondary N) is 1. The quantitative estimate of drug-likeness (QED) is 0.101. The highest BCUT2D eigenvalue weighted by Crippen LogP contribution is 2.22. The first-order valence-electron chi connectivity index (χ1n) is 11.8. The molecule has 0 radical (unpaired) electrons. The number of carbonyl (C=O) groups excluding carboxylic acids is 2. The number of nitrogens with zero attached hydrogens (tertiary/aromatic N) is 1. The van der Waals surface area contributed by atoms with Crippen LogP contribution in [0, 0.1) is 0 Å². The number of methoxy groups -OCH3 is 1. The number of amides is 1. The van der Waals surface area contributed by atoms with Crippen LogP contribution in [-0.2, 0) is 9.59 Å². The number of carbonyl (C=O) groups is 2. The van der Waals surface area contributed by atoms with E-state index in [4.69, 9.17) is 14.2 Å². The molecular weight excluding hydrogens is 480 g/mol. The monoisotopic (exact) mass is 506 g/mol. The predicted molar refractivity (Wildman–Crippen MR) is 147 cm³/mol. The van der Waals surface area contributed by atoms with E-state index in [9.17, 15) is 9.59 Å². The van der Waals surface area contributed by atoms with Gasteiger partial charge < -0.3 is 14.2 Å². The molecule has 0 spiro atoms. The fraction of sp³-hybridized carbons (Fsp3) is 0.0645. The van der Waals surface area contributed by atoms with Gasteiger partial charge in [0, 0.05) is 6.08 Å². The number of ether oxygens (including phenoxy) is 3. The summed E-state index contributed by atoms with van der Waals surface area (Å²) in [5.41, 5.74) is 6.17. The first kappa shape index (κ1) is 25.9. The fourth-order valence-electron chi connectivity index (χ4n) is 3.39. The number of hydrogen-bond acceptors (Lipinski definition) is 6. The second kappa shape index (κ2) is 13.2. The third-order valence-electron chi connectivity index (χ3n) is 5.36. The summed E-state index contributed by atoms with van der Waals surface area (Å²) in [6, 6.07) is 31.6. The zero-order valence-electron chi connectivity index (χ0n) is 20.7. The topological polar surface area (TPSA) is 86.2 Å². The molecule has 0 unspecified atom stereocenters. The maximum absolute atomic E-state index is 12.1. The molecule has 0 saturated carbocycles. The van der Waals surface area contributed by atoms with Gasteiger partial charge in [-0.15, -0.1) is 0 Å². The molecule has 7 heteroatoms. The summed E-state index contributed by atoms with van der Waals surface area (Å²) in [6.07, 6.45) is 4.50. The van der Waals surface area contributed by atoms with Crippen LogP contribution >= 0.6 is 0 Å². The minimum absolute atomic E-state index is 0.166. The van der Waals surface area contributed by atoms with Gasteiger partial charge in [0.2, 0.25) is 0 Å². The second-order valence-electron chi connectivity index (χ2n) is 8.07. The van der Waals surface area contributed by atoms with Gasteiger partial charge in [-0.25, -0.2) is 10.2 Å². The number of benzene rings is 4. The molecule has 0 aliphatic heterocycles. The van der Waals surface area contributed by atoms with E-state index in [-0.39, 0.29) is 12.5 Å². The molecule has 38 heavy (non-hydrogen) atoms. The van der Waals surface area contributed by atoms with Crippen LogP contribution in [0.25, 0.3) is 17.2 Å². The molecule has 0 aliphatic rings. The Balaban J connectivity index is 1.19. The van der Waals surface area contributed by atoms with Crippen molar-refractivity contribution < 1.29 is 23.8 Å². The summed E-state index contributed by atoms with van der Waals surface area (Å²) in [7, 11) is 1.60. The van der Waals surface area contributed by atoms with Crippen LogP contribution in [0.5, 0.6) is 17.2 Å². The Bertz CT molecular complexity index is 1400. The predicted octanol–water partition coefficient (Wildman–Crippen LogP) is 5.51. The van der Waals surface area contributed by atoms with Gasteiger partial charge >= 0.3 is 5.97 Å². The van der Waals surface area contributed by atoms with E-state index in [1.807, 2.05) is 78.9 Å². The molecule has 0 aromatic heterocycles. The zero-order chi connectivity index (χ0) is 26.6. The molecule has 0 fully saturated rings. The summed E-state index contributed by atoms with van der Waals surface area (Å²) in [6.45, 7) is -0.166. The van der Waals surface area contributed by atoms with Crippen molar-refractivity contribution >= 4 is 24.2 Å². The summed E-state index contributed by atoms with van der Waals surface area (Å²) in [4.78, 5) is 24.1. The first-order valence-corrected chi connectivity index (χ1v) is 11.8. The SMILES string of the molecule is COc1ccc(C=CC(=O)Oc2ccc(C=NNC(=O)COc3ccc(-c4ccccc4)cc3)cc2)cc1. The highest BCUT2D eigenvalue weighted by Gasteiger charge is 2.04. The van der Waals surface area contributed by atoms with Gasteiger partial charge in [0.15, 0.2) is 6.61 Å². The fourth-order valence-corrected chi connectivity index (χ4v) is 3.39. The van der Waals surface area contributed by atoms with Crippen molar-refractivity contribution in [3.8, 4) is 28.4 Å². The Morgan fingerprint density at radius 2 is 1.34 bits per heavy atom. The van der Waals surface area contributed by atoms with Crippen molar-refractivity contribution in [3.05, 3.63) is 120 Å². The summed E-state index contributed by atoms with van der Waals surface area (Å²) in [5.74, 6) is 0.841. The maximum atomic E-state index is 12.1. The van der Waals surface area contributed by atoms with Crippen molar-refractivity contribution in [3.63, 3.8) is 0 Å². The standard InChI is InChI=1S/C31H26N2O5/c1-36-27-14-7-23(8-15-27)11-20-31(35)38-29-16-9-24(10-17-29)21-32-33-30(34)22-37-28-18-12-26(13-19-28)25-5-3-2-4-6-25/h2-21H,22H2,1H3,(H,33,34). The van der Waals surface area contributed by atoms with Gasteiger partial charge in [-0.2, -0.15) is 5.10 Å². The molecule has 1 N–H and O–H groups in total. The lowest BCUT2D eigenvalue weighted by Crippen LogP contribution is -2.24. The smallest absolute Gasteiger partial charge is 0.336 e. The Morgan fingerprint density at radius 3 is 2.03 bits per heavy atom. The molecule has 1 amide bonds. The van der Waals surface area contributed by atoms with Crippen LogP contribution in [0.3, 0.4) is 0 Å².